The molecule has 2 aromatic rings. The van der Waals surface area contributed by atoms with Crippen LogP contribution in [0, 0.1) is 0 Å². The molecule has 2 aliphatic rings. The molecule has 4 rings (SSSR count). The van der Waals surface area contributed by atoms with Crippen LogP contribution in [0.3, 0.4) is 0 Å². The van der Waals surface area contributed by atoms with Crippen molar-refractivity contribution in [3.63, 3.8) is 0 Å². The number of hydrogen-bond acceptors (Lipinski definition) is 6. The Morgan fingerprint density at radius 1 is 1.16 bits per heavy atom. The van der Waals surface area contributed by atoms with E-state index in [0.29, 0.717) is 13.0 Å². The molecular formula is C18H21N5O2. The van der Waals surface area contributed by atoms with Gasteiger partial charge in [0.15, 0.2) is 6.10 Å². The first-order valence-corrected chi connectivity index (χ1v) is 8.30. The summed E-state index contributed by atoms with van der Waals surface area (Å²) in [5, 5.41) is 0. The molecule has 7 heteroatoms. The zero-order valence-corrected chi connectivity index (χ0v) is 14.0. The van der Waals surface area contributed by atoms with Gasteiger partial charge in [0.25, 0.3) is 5.91 Å². The first-order valence-electron chi connectivity index (χ1n) is 8.30. The van der Waals surface area contributed by atoms with Crippen molar-refractivity contribution in [2.45, 2.75) is 25.2 Å². The summed E-state index contributed by atoms with van der Waals surface area (Å²) < 4.78 is 5.80. The van der Waals surface area contributed by atoms with Crippen molar-refractivity contribution in [2.75, 3.05) is 7.05 Å². The molecule has 0 aliphatic carbocycles. The molecule has 0 radical (unpaired) electrons. The van der Waals surface area contributed by atoms with Crippen LogP contribution in [-0.2, 0) is 17.8 Å². The van der Waals surface area contributed by atoms with Gasteiger partial charge in [-0.3, -0.25) is 4.79 Å². The summed E-state index contributed by atoms with van der Waals surface area (Å²) in [5.41, 5.74) is 15.0. The third-order valence-electron chi connectivity index (χ3n) is 4.50. The van der Waals surface area contributed by atoms with Gasteiger partial charge in [0.05, 0.1) is 0 Å². The van der Waals surface area contributed by atoms with E-state index in [0.717, 1.165) is 22.4 Å². The second-order valence-corrected chi connectivity index (χ2v) is 6.33. The molecule has 7 nitrogen and oxygen atoms in total. The van der Waals surface area contributed by atoms with Gasteiger partial charge >= 0.3 is 0 Å². The summed E-state index contributed by atoms with van der Waals surface area (Å²) in [6.45, 7) is 0.538. The van der Waals surface area contributed by atoms with Gasteiger partial charge in [-0.2, -0.15) is 11.1 Å². The molecule has 0 saturated carbocycles. The number of nitrogens with one attached hydrogen (secondary N) is 4. The van der Waals surface area contributed by atoms with E-state index in [1.807, 2.05) is 49.5 Å². The molecular weight excluding hydrogens is 318 g/mol. The molecule has 4 N–H and O–H groups in total. The average molecular weight is 339 g/mol. The molecule has 1 unspecified atom stereocenters. The Labute approximate surface area is 146 Å². The summed E-state index contributed by atoms with van der Waals surface area (Å²) >= 11 is 0. The molecule has 130 valence electrons. The van der Waals surface area contributed by atoms with Crippen molar-refractivity contribution in [3.05, 3.63) is 65.2 Å². The van der Waals surface area contributed by atoms with E-state index in [1.165, 1.54) is 0 Å². The fourth-order valence-electron chi connectivity index (χ4n) is 3.21. The SMILES string of the molecule is CN(Cc1cccc(C2NNNN2)c1)C(=O)C1Cc2ccccc2O1. The number of hydrogen-bond donors (Lipinski definition) is 4. The normalized spacial score (nSPS) is 19.5. The molecule has 1 fully saturated rings. The number of amides is 1. The van der Waals surface area contributed by atoms with Crippen molar-refractivity contribution < 1.29 is 9.53 Å². The zero-order chi connectivity index (χ0) is 17.2. The first-order chi connectivity index (χ1) is 12.2. The highest BCUT2D eigenvalue weighted by Crippen LogP contribution is 2.29. The van der Waals surface area contributed by atoms with Crippen LogP contribution in [-0.4, -0.2) is 24.0 Å². The molecule has 1 saturated heterocycles. The van der Waals surface area contributed by atoms with Crippen LogP contribution in [0.1, 0.15) is 22.9 Å². The van der Waals surface area contributed by atoms with Gasteiger partial charge in [-0.15, -0.1) is 0 Å². The number of benzene rings is 2. The number of rotatable bonds is 4. The molecule has 1 amide bonds. The number of nitrogens with zero attached hydrogens (tertiary/aromatic N) is 1. The van der Waals surface area contributed by atoms with Gasteiger partial charge in [0, 0.05) is 20.0 Å². The number of carbonyl (C=O) groups is 1. The van der Waals surface area contributed by atoms with E-state index in [-0.39, 0.29) is 12.1 Å². The van der Waals surface area contributed by atoms with Gasteiger partial charge in [0.1, 0.15) is 11.9 Å². The average Bonchev–Trinajstić information content (AvgIpc) is 3.30. The molecule has 1 atom stereocenters. The predicted molar refractivity (Wildman–Crippen MR) is 92.8 cm³/mol. The maximum absolute atomic E-state index is 12.7. The maximum atomic E-state index is 12.7. The van der Waals surface area contributed by atoms with Crippen LogP contribution in [0.25, 0.3) is 0 Å². The van der Waals surface area contributed by atoms with E-state index in [4.69, 9.17) is 4.74 Å². The smallest absolute Gasteiger partial charge is 0.264 e. The molecule has 2 aromatic carbocycles. The van der Waals surface area contributed by atoms with E-state index in [2.05, 4.69) is 28.0 Å². The van der Waals surface area contributed by atoms with E-state index in [1.54, 1.807) is 4.90 Å². The number of hydrazine groups is 3. The van der Waals surface area contributed by atoms with Crippen LogP contribution < -0.4 is 26.7 Å². The summed E-state index contributed by atoms with van der Waals surface area (Å²) in [5.74, 6) is 0.816. The Balaban J connectivity index is 1.41. The molecule has 2 heterocycles. The standard InChI is InChI=1S/C18H21N5O2/c1-23(18(24)16-10-13-6-2-3-8-15(13)25-16)11-12-5-4-7-14(9-12)17-19-21-22-20-17/h2-9,16-17,19-22H,10-11H2,1H3. The second kappa shape index (κ2) is 6.81. The number of likely N-dealkylation sites (N-methyl/N-ethyl adjacent to an activating group) is 1. The van der Waals surface area contributed by atoms with Crippen molar-refractivity contribution >= 4 is 5.91 Å². The van der Waals surface area contributed by atoms with Crippen LogP contribution in [0.2, 0.25) is 0 Å². The molecule has 0 aromatic heterocycles. The highest BCUT2D eigenvalue weighted by atomic mass is 16.5. The Hall–Kier alpha value is -2.45. The largest absolute Gasteiger partial charge is 0.480 e. The first kappa shape index (κ1) is 16.0. The van der Waals surface area contributed by atoms with Crippen molar-refractivity contribution in [1.82, 2.24) is 26.8 Å². The Morgan fingerprint density at radius 3 is 2.76 bits per heavy atom. The van der Waals surface area contributed by atoms with Crippen LogP contribution in [0.5, 0.6) is 5.75 Å². The summed E-state index contributed by atoms with van der Waals surface area (Å²) in [4.78, 5) is 14.4. The van der Waals surface area contributed by atoms with Gasteiger partial charge < -0.3 is 9.64 Å². The van der Waals surface area contributed by atoms with Gasteiger partial charge in [-0.25, -0.2) is 10.9 Å². The van der Waals surface area contributed by atoms with Crippen molar-refractivity contribution in [2.24, 2.45) is 0 Å². The third kappa shape index (κ3) is 3.35. The quantitative estimate of drug-likeness (QED) is 0.659. The molecule has 0 bridgehead atoms. The van der Waals surface area contributed by atoms with Crippen LogP contribution in [0.4, 0.5) is 0 Å². The Bertz CT molecular complexity index is 751. The van der Waals surface area contributed by atoms with Gasteiger partial charge in [0.2, 0.25) is 0 Å². The monoisotopic (exact) mass is 339 g/mol. The maximum Gasteiger partial charge on any atom is 0.264 e. The van der Waals surface area contributed by atoms with E-state index in [9.17, 15) is 4.79 Å². The van der Waals surface area contributed by atoms with Crippen LogP contribution >= 0.6 is 0 Å². The van der Waals surface area contributed by atoms with Crippen LogP contribution in [0.15, 0.2) is 48.5 Å². The molecule has 25 heavy (non-hydrogen) atoms. The molecule has 0 spiro atoms. The Morgan fingerprint density at radius 2 is 1.96 bits per heavy atom. The lowest BCUT2D eigenvalue weighted by Crippen LogP contribution is -2.38. The number of para-hydroxylation sites is 1. The fraction of sp³-hybridized carbons (Fsp3) is 0.278. The van der Waals surface area contributed by atoms with Gasteiger partial charge in [-0.1, -0.05) is 42.5 Å². The Kier molecular flexibility index (Phi) is 4.37. The highest BCUT2D eigenvalue weighted by Gasteiger charge is 2.31. The summed E-state index contributed by atoms with van der Waals surface area (Å²) in [7, 11) is 1.82. The fourth-order valence-corrected chi connectivity index (χ4v) is 3.21. The lowest BCUT2D eigenvalue weighted by atomic mass is 10.1. The third-order valence-corrected chi connectivity index (χ3v) is 4.50. The minimum absolute atomic E-state index is 0.00190. The van der Waals surface area contributed by atoms with E-state index >= 15 is 0 Å². The number of fused-ring (bicyclic) bond motifs is 1. The van der Waals surface area contributed by atoms with Crippen molar-refractivity contribution in [3.8, 4) is 5.75 Å². The minimum atomic E-state index is -0.433. The van der Waals surface area contributed by atoms with Gasteiger partial charge in [-0.05, 0) is 22.8 Å². The molecule has 2 aliphatic heterocycles. The number of carbonyl (C=O) groups excluding carboxylic acids is 1. The van der Waals surface area contributed by atoms with E-state index < -0.39 is 6.10 Å². The minimum Gasteiger partial charge on any atom is -0.480 e. The predicted octanol–water partition coefficient (Wildman–Crippen LogP) is 0.764. The topological polar surface area (TPSA) is 77.7 Å². The highest BCUT2D eigenvalue weighted by molar-refractivity contribution is 5.82. The number of ether oxygens (including phenoxy) is 1. The summed E-state index contributed by atoms with van der Waals surface area (Å²) in [6.07, 6.45) is 0.179. The summed E-state index contributed by atoms with van der Waals surface area (Å²) in [6, 6.07) is 15.9. The lowest BCUT2D eigenvalue weighted by molar-refractivity contribution is -0.137. The lowest BCUT2D eigenvalue weighted by Gasteiger charge is -2.21. The van der Waals surface area contributed by atoms with Crippen molar-refractivity contribution in [1.29, 1.82) is 0 Å². The second-order valence-electron chi connectivity index (χ2n) is 6.33. The zero-order valence-electron chi connectivity index (χ0n) is 14.0.